The first-order chi connectivity index (χ1) is 8.05. The number of nitrogens with zero attached hydrogens (tertiary/aromatic N) is 1. The van der Waals surface area contributed by atoms with Gasteiger partial charge in [-0.15, -0.1) is 0 Å². The molecule has 0 radical (unpaired) electrons. The molecule has 1 aromatic carbocycles. The average Bonchev–Trinajstić information content (AvgIpc) is 2.57. The van der Waals surface area contributed by atoms with Crippen LogP contribution in [0.25, 0.3) is 0 Å². The third kappa shape index (κ3) is 1.96. The van der Waals surface area contributed by atoms with Crippen LogP contribution in [0, 0.1) is 0 Å². The Morgan fingerprint density at radius 2 is 1.88 bits per heavy atom. The van der Waals surface area contributed by atoms with Crippen LogP contribution in [0.2, 0.25) is 0 Å². The minimum atomic E-state index is -3.78. The predicted molar refractivity (Wildman–Crippen MR) is 62.2 cm³/mol. The number of ether oxygens (including phenoxy) is 2. The highest BCUT2D eigenvalue weighted by molar-refractivity contribution is 8.09. The topological polar surface area (TPSA) is 91.0 Å². The van der Waals surface area contributed by atoms with Gasteiger partial charge in [0.15, 0.2) is 16.5 Å². The van der Waals surface area contributed by atoms with E-state index in [0.717, 1.165) is 6.20 Å². The van der Waals surface area contributed by atoms with Crippen molar-refractivity contribution < 1.29 is 17.9 Å². The molecule has 0 amide bonds. The largest absolute Gasteiger partial charge is 0.493 e. The van der Waals surface area contributed by atoms with Gasteiger partial charge >= 0.3 is 5.23 Å². The summed E-state index contributed by atoms with van der Waals surface area (Å²) >= 11 is 0. The maximum atomic E-state index is 11.6. The van der Waals surface area contributed by atoms with Crippen LogP contribution in [0.1, 0.15) is 0 Å². The third-order valence-electron chi connectivity index (χ3n) is 2.10. The van der Waals surface area contributed by atoms with Crippen LogP contribution in [-0.4, -0.2) is 20.8 Å². The molecular weight excluding hydrogens is 244 g/mol. The molecule has 2 N–H and O–H groups in total. The van der Waals surface area contributed by atoms with E-state index in [9.17, 15) is 8.42 Å². The van der Waals surface area contributed by atoms with E-state index in [4.69, 9.17) is 15.2 Å². The Bertz CT molecular complexity index is 604. The van der Waals surface area contributed by atoms with Gasteiger partial charge in [0, 0.05) is 0 Å². The minimum Gasteiger partial charge on any atom is -0.493 e. The standard InChI is InChI=1S/C10H10N2O4S/c1-15-7-4-2-3-5-8(7)16-10-12-6-9(11)17(10,13)14/h2-6H,11H2,1H3. The van der Waals surface area contributed by atoms with Crippen molar-refractivity contribution in [2.24, 2.45) is 10.7 Å². The number of nitrogens with two attached hydrogens (primary N) is 1. The quantitative estimate of drug-likeness (QED) is 0.835. The molecule has 0 fully saturated rings. The second-order valence-electron chi connectivity index (χ2n) is 3.18. The molecule has 0 saturated heterocycles. The summed E-state index contributed by atoms with van der Waals surface area (Å²) in [4.78, 5) is 3.60. The molecule has 0 aliphatic carbocycles. The number of hydrogen-bond acceptors (Lipinski definition) is 6. The fraction of sp³-hybridized carbons (Fsp3) is 0.100. The Kier molecular flexibility index (Phi) is 2.76. The fourth-order valence-electron chi connectivity index (χ4n) is 1.23. The number of hydrogen-bond donors (Lipinski definition) is 1. The molecular formula is C10H10N2O4S. The molecule has 0 bridgehead atoms. The van der Waals surface area contributed by atoms with Crippen molar-refractivity contribution in [2.75, 3.05) is 7.11 Å². The first-order valence-corrected chi connectivity index (χ1v) is 6.13. The number of benzene rings is 1. The summed E-state index contributed by atoms with van der Waals surface area (Å²) in [6.07, 6.45) is 1.04. The average molecular weight is 254 g/mol. The van der Waals surface area contributed by atoms with Crippen LogP contribution in [0.5, 0.6) is 11.5 Å². The molecule has 0 atom stereocenters. The predicted octanol–water partition coefficient (Wildman–Crippen LogP) is 0.616. The van der Waals surface area contributed by atoms with Gasteiger partial charge in [0.2, 0.25) is 0 Å². The molecule has 0 saturated carbocycles. The van der Waals surface area contributed by atoms with Crippen molar-refractivity contribution in [3.05, 3.63) is 35.5 Å². The lowest BCUT2D eigenvalue weighted by atomic mass is 10.3. The lowest BCUT2D eigenvalue weighted by Gasteiger charge is -2.09. The van der Waals surface area contributed by atoms with Crippen molar-refractivity contribution >= 4 is 15.1 Å². The second-order valence-corrected chi connectivity index (χ2v) is 5.01. The van der Waals surface area contributed by atoms with Gasteiger partial charge in [-0.25, -0.2) is 13.4 Å². The van der Waals surface area contributed by atoms with Gasteiger partial charge in [-0.2, -0.15) is 0 Å². The zero-order chi connectivity index (χ0) is 12.5. The number of methoxy groups -OCH3 is 1. The first-order valence-electron chi connectivity index (χ1n) is 4.65. The summed E-state index contributed by atoms with van der Waals surface area (Å²) in [6, 6.07) is 6.65. The van der Waals surface area contributed by atoms with Crippen LogP contribution in [0.3, 0.4) is 0 Å². The highest BCUT2D eigenvalue weighted by atomic mass is 32.2. The van der Waals surface area contributed by atoms with Crippen LogP contribution in [0.4, 0.5) is 0 Å². The molecule has 17 heavy (non-hydrogen) atoms. The van der Waals surface area contributed by atoms with Gasteiger partial charge in [0.25, 0.3) is 9.84 Å². The molecule has 1 aliphatic rings. The molecule has 0 spiro atoms. The van der Waals surface area contributed by atoms with E-state index >= 15 is 0 Å². The van der Waals surface area contributed by atoms with E-state index in [-0.39, 0.29) is 10.8 Å². The molecule has 1 aliphatic heterocycles. The second kappa shape index (κ2) is 4.10. The summed E-state index contributed by atoms with van der Waals surface area (Å²) in [5, 5.41) is -0.776. The van der Waals surface area contributed by atoms with E-state index in [1.54, 1.807) is 24.3 Å². The first kappa shape index (κ1) is 11.5. The summed E-state index contributed by atoms with van der Waals surface area (Å²) in [5.41, 5.74) is 5.27. The molecule has 0 unspecified atom stereocenters. The highest BCUT2D eigenvalue weighted by Gasteiger charge is 2.30. The zero-order valence-corrected chi connectivity index (χ0v) is 9.77. The van der Waals surface area contributed by atoms with Crippen LogP contribution >= 0.6 is 0 Å². The summed E-state index contributed by atoms with van der Waals surface area (Å²) in [5.74, 6) is 0.677. The Morgan fingerprint density at radius 1 is 1.24 bits per heavy atom. The number of sulfone groups is 1. The van der Waals surface area contributed by atoms with Gasteiger partial charge in [-0.05, 0) is 12.1 Å². The Morgan fingerprint density at radius 3 is 2.41 bits per heavy atom. The number of aliphatic imine (C=N–C) groups is 1. The summed E-state index contributed by atoms with van der Waals surface area (Å²) in [7, 11) is -2.32. The Hall–Kier alpha value is -2.02. The molecule has 7 heteroatoms. The maximum Gasteiger partial charge on any atom is 0.322 e. The fourth-order valence-corrected chi connectivity index (χ4v) is 2.02. The third-order valence-corrected chi connectivity index (χ3v) is 3.48. The van der Waals surface area contributed by atoms with Gasteiger partial charge < -0.3 is 15.2 Å². The normalized spacial score (nSPS) is 17.2. The summed E-state index contributed by atoms with van der Waals surface area (Å²) < 4.78 is 33.4. The number of rotatable bonds is 2. The highest BCUT2D eigenvalue weighted by Crippen LogP contribution is 2.28. The van der Waals surface area contributed by atoms with Crippen molar-refractivity contribution in [2.45, 2.75) is 0 Å². The van der Waals surface area contributed by atoms with Crippen LogP contribution < -0.4 is 15.2 Å². The molecule has 90 valence electrons. The van der Waals surface area contributed by atoms with Crippen LogP contribution in [0.15, 0.2) is 40.5 Å². The van der Waals surface area contributed by atoms with Gasteiger partial charge in [0.1, 0.15) is 0 Å². The van der Waals surface area contributed by atoms with Crippen molar-refractivity contribution in [3.63, 3.8) is 0 Å². The lowest BCUT2D eigenvalue weighted by molar-refractivity contribution is 0.392. The maximum absolute atomic E-state index is 11.6. The Balaban J connectivity index is 2.30. The minimum absolute atomic E-state index is 0.264. The molecule has 2 rings (SSSR count). The van der Waals surface area contributed by atoms with Gasteiger partial charge in [-0.3, -0.25) is 0 Å². The SMILES string of the molecule is COc1ccccc1OC1=NC=C(N)S1(=O)=O. The van der Waals surface area contributed by atoms with Gasteiger partial charge in [0.05, 0.1) is 13.3 Å². The Labute approximate surface area is 98.3 Å². The molecule has 0 aromatic heterocycles. The van der Waals surface area contributed by atoms with E-state index in [0.29, 0.717) is 5.75 Å². The smallest absolute Gasteiger partial charge is 0.322 e. The van der Waals surface area contributed by atoms with E-state index in [1.165, 1.54) is 7.11 Å². The van der Waals surface area contributed by atoms with E-state index in [1.807, 2.05) is 0 Å². The monoisotopic (exact) mass is 254 g/mol. The molecule has 1 aromatic rings. The lowest BCUT2D eigenvalue weighted by Crippen LogP contribution is -2.22. The zero-order valence-electron chi connectivity index (χ0n) is 8.95. The van der Waals surface area contributed by atoms with Gasteiger partial charge in [-0.1, -0.05) is 12.1 Å². The van der Waals surface area contributed by atoms with Crippen molar-refractivity contribution in [3.8, 4) is 11.5 Å². The molecule has 1 heterocycles. The van der Waals surface area contributed by atoms with Crippen LogP contribution in [-0.2, 0) is 9.84 Å². The van der Waals surface area contributed by atoms with E-state index < -0.39 is 15.1 Å². The summed E-state index contributed by atoms with van der Waals surface area (Å²) in [6.45, 7) is 0. The van der Waals surface area contributed by atoms with E-state index in [2.05, 4.69) is 4.99 Å². The van der Waals surface area contributed by atoms with Crippen molar-refractivity contribution in [1.29, 1.82) is 0 Å². The number of para-hydroxylation sites is 2. The van der Waals surface area contributed by atoms with Crippen molar-refractivity contribution in [1.82, 2.24) is 0 Å². The molecule has 6 nitrogen and oxygen atoms in total.